The van der Waals surface area contributed by atoms with E-state index in [1.54, 1.807) is 30.6 Å². The van der Waals surface area contributed by atoms with Gasteiger partial charge in [-0.2, -0.15) is 0 Å². The molecule has 1 fully saturated rings. The van der Waals surface area contributed by atoms with Gasteiger partial charge >= 0.3 is 0 Å². The number of carbonyl (C=O) groups excluding carboxylic acids is 1. The van der Waals surface area contributed by atoms with E-state index in [1.165, 1.54) is 0 Å². The molecule has 1 atom stereocenters. The number of hydrogen-bond donors (Lipinski definition) is 0. The molecular weight excluding hydrogens is 517 g/mol. The molecule has 0 N–H and O–H groups in total. The lowest BCUT2D eigenvalue weighted by molar-refractivity contribution is -0.124. The molecule has 1 saturated heterocycles. The number of hydrogen-bond acceptors (Lipinski definition) is 4. The summed E-state index contributed by atoms with van der Waals surface area (Å²) in [6, 6.07) is 32.8. The van der Waals surface area contributed by atoms with Gasteiger partial charge in [-0.1, -0.05) is 77.1 Å². The molecule has 0 bridgehead atoms. The van der Waals surface area contributed by atoms with E-state index in [0.717, 1.165) is 26.8 Å². The van der Waals surface area contributed by atoms with Crippen LogP contribution in [0, 0.1) is 0 Å². The normalized spacial score (nSPS) is 16.6. The highest BCUT2D eigenvalue weighted by Crippen LogP contribution is 2.63. The van der Waals surface area contributed by atoms with Crippen LogP contribution in [0.15, 0.2) is 113 Å². The van der Waals surface area contributed by atoms with Crippen molar-refractivity contribution in [1.82, 2.24) is 0 Å². The Bertz CT molecular complexity index is 1270. The number of rotatable bonds is 7. The number of β-lactam (4-membered cyclic amide) rings is 1. The Hall–Kier alpha value is -2.57. The van der Waals surface area contributed by atoms with Crippen molar-refractivity contribution >= 4 is 58.3 Å². The monoisotopic (exact) mass is 537 g/mol. The molecule has 0 aromatic heterocycles. The number of ether oxygens (including phenoxy) is 1. The molecule has 35 heavy (non-hydrogen) atoms. The van der Waals surface area contributed by atoms with Crippen LogP contribution in [0.3, 0.4) is 0 Å². The van der Waals surface area contributed by atoms with E-state index in [2.05, 4.69) is 12.1 Å². The third-order valence-electron chi connectivity index (χ3n) is 5.77. The zero-order valence-corrected chi connectivity index (χ0v) is 21.9. The molecule has 0 aliphatic carbocycles. The van der Waals surface area contributed by atoms with Crippen LogP contribution in [0.2, 0.25) is 10.0 Å². The first kappa shape index (κ1) is 24.1. The van der Waals surface area contributed by atoms with E-state index in [4.69, 9.17) is 27.9 Å². The highest BCUT2D eigenvalue weighted by molar-refractivity contribution is 8.19. The Labute approximate surface area is 223 Å². The Morgan fingerprint density at radius 1 is 0.743 bits per heavy atom. The molecule has 1 aliphatic heterocycles. The molecule has 0 saturated carbocycles. The number of amides is 1. The standard InChI is InChI=1S/C28H21Cl2NO2S2/c1-33-23-13-11-22(12-14-23)31-26(19-5-3-2-4-6-19)28(27(31)32,34-24-15-7-20(29)8-16-24)35-25-17-9-21(30)10-18-25/h2-18,26H,1H3. The zero-order valence-electron chi connectivity index (χ0n) is 18.7. The SMILES string of the molecule is COc1ccc(N2C(=O)C(Sc3ccc(Cl)cc3)(Sc3ccc(Cl)cc3)C2c2ccccc2)cc1. The van der Waals surface area contributed by atoms with Crippen LogP contribution in [-0.4, -0.2) is 17.1 Å². The van der Waals surface area contributed by atoms with Crippen LogP contribution in [0.4, 0.5) is 5.69 Å². The van der Waals surface area contributed by atoms with Crippen LogP contribution in [-0.2, 0) is 4.79 Å². The summed E-state index contributed by atoms with van der Waals surface area (Å²) in [5, 5.41) is 1.32. The van der Waals surface area contributed by atoms with Crippen molar-refractivity contribution in [3.05, 3.63) is 119 Å². The second-order valence-corrected chi connectivity index (χ2v) is 11.7. The first-order chi connectivity index (χ1) is 17.0. The Kier molecular flexibility index (Phi) is 7.03. The first-order valence-electron chi connectivity index (χ1n) is 10.9. The van der Waals surface area contributed by atoms with E-state index in [0.29, 0.717) is 10.0 Å². The molecule has 1 heterocycles. The average Bonchev–Trinajstić information content (AvgIpc) is 2.89. The summed E-state index contributed by atoms with van der Waals surface area (Å²) in [6.45, 7) is 0. The Morgan fingerprint density at radius 2 is 1.26 bits per heavy atom. The van der Waals surface area contributed by atoms with Gasteiger partial charge in [0.15, 0.2) is 4.08 Å². The van der Waals surface area contributed by atoms with Crippen LogP contribution in [0.5, 0.6) is 5.75 Å². The fraction of sp³-hybridized carbons (Fsp3) is 0.107. The van der Waals surface area contributed by atoms with Crippen LogP contribution < -0.4 is 9.64 Å². The van der Waals surface area contributed by atoms with E-state index in [9.17, 15) is 4.79 Å². The number of halogens is 2. The summed E-state index contributed by atoms with van der Waals surface area (Å²) in [7, 11) is 1.63. The summed E-state index contributed by atoms with van der Waals surface area (Å²) in [4.78, 5) is 18.0. The Morgan fingerprint density at radius 3 is 1.74 bits per heavy atom. The molecule has 1 unspecified atom stereocenters. The minimum atomic E-state index is -0.830. The van der Waals surface area contributed by atoms with Crippen LogP contribution >= 0.6 is 46.7 Å². The smallest absolute Gasteiger partial charge is 0.257 e. The van der Waals surface area contributed by atoms with Crippen molar-refractivity contribution in [1.29, 1.82) is 0 Å². The second kappa shape index (κ2) is 10.2. The second-order valence-electron chi connectivity index (χ2n) is 7.97. The van der Waals surface area contributed by atoms with Gasteiger partial charge in [0.2, 0.25) is 0 Å². The lowest BCUT2D eigenvalue weighted by Gasteiger charge is -2.55. The summed E-state index contributed by atoms with van der Waals surface area (Å²) in [5.41, 5.74) is 1.89. The van der Waals surface area contributed by atoms with Gasteiger partial charge in [-0.15, -0.1) is 0 Å². The molecule has 5 rings (SSSR count). The third kappa shape index (κ3) is 4.78. The van der Waals surface area contributed by atoms with Crippen molar-refractivity contribution in [2.75, 3.05) is 12.0 Å². The van der Waals surface area contributed by atoms with Crippen molar-refractivity contribution < 1.29 is 9.53 Å². The number of methoxy groups -OCH3 is 1. The summed E-state index contributed by atoms with van der Waals surface area (Å²) >= 11 is 15.4. The molecule has 7 heteroatoms. The highest BCUT2D eigenvalue weighted by atomic mass is 35.5. The van der Waals surface area contributed by atoms with Gasteiger partial charge in [-0.3, -0.25) is 4.79 Å². The molecule has 1 aliphatic rings. The highest BCUT2D eigenvalue weighted by Gasteiger charge is 2.63. The molecular formula is C28H21Cl2NO2S2. The van der Waals surface area contributed by atoms with Gasteiger partial charge in [0.05, 0.1) is 13.2 Å². The van der Waals surface area contributed by atoms with E-state index < -0.39 is 4.08 Å². The summed E-state index contributed by atoms with van der Waals surface area (Å²) in [5.74, 6) is 0.770. The number of nitrogens with zero attached hydrogens (tertiary/aromatic N) is 1. The summed E-state index contributed by atoms with van der Waals surface area (Å²) < 4.78 is 4.49. The van der Waals surface area contributed by atoms with Gasteiger partial charge < -0.3 is 9.64 Å². The minimum Gasteiger partial charge on any atom is -0.497 e. The van der Waals surface area contributed by atoms with Crippen molar-refractivity contribution in [2.24, 2.45) is 0 Å². The topological polar surface area (TPSA) is 29.5 Å². The fourth-order valence-corrected chi connectivity index (χ4v) is 7.41. The van der Waals surface area contributed by atoms with E-state index >= 15 is 0 Å². The Balaban J connectivity index is 1.62. The van der Waals surface area contributed by atoms with Crippen molar-refractivity contribution in [3.8, 4) is 5.75 Å². The quantitative estimate of drug-likeness (QED) is 0.175. The van der Waals surface area contributed by atoms with Gasteiger partial charge in [-0.05, 0) is 78.4 Å². The third-order valence-corrected chi connectivity index (χ3v) is 9.19. The number of anilines is 1. The maximum atomic E-state index is 14.2. The molecule has 4 aromatic rings. The van der Waals surface area contributed by atoms with E-state index in [-0.39, 0.29) is 11.9 Å². The molecule has 4 aromatic carbocycles. The van der Waals surface area contributed by atoms with E-state index in [1.807, 2.05) is 95.9 Å². The minimum absolute atomic E-state index is 0.0245. The lowest BCUT2D eigenvalue weighted by Crippen LogP contribution is -2.65. The zero-order chi connectivity index (χ0) is 24.4. The fourth-order valence-electron chi connectivity index (χ4n) is 4.09. The molecule has 3 nitrogen and oxygen atoms in total. The largest absolute Gasteiger partial charge is 0.497 e. The summed E-state index contributed by atoms with van der Waals surface area (Å²) in [6.07, 6.45) is 0. The number of thioether (sulfide) groups is 2. The first-order valence-corrected chi connectivity index (χ1v) is 13.3. The van der Waals surface area contributed by atoms with Crippen LogP contribution in [0.1, 0.15) is 11.6 Å². The molecule has 0 radical (unpaired) electrons. The molecule has 1 amide bonds. The van der Waals surface area contributed by atoms with Crippen LogP contribution in [0.25, 0.3) is 0 Å². The maximum Gasteiger partial charge on any atom is 0.257 e. The van der Waals surface area contributed by atoms with Gasteiger partial charge in [0.25, 0.3) is 5.91 Å². The lowest BCUT2D eigenvalue weighted by atomic mass is 9.91. The number of benzene rings is 4. The average molecular weight is 539 g/mol. The predicted octanol–water partition coefficient (Wildman–Crippen LogP) is 8.37. The predicted molar refractivity (Wildman–Crippen MR) is 147 cm³/mol. The van der Waals surface area contributed by atoms with Crippen molar-refractivity contribution in [2.45, 2.75) is 19.9 Å². The molecule has 0 spiro atoms. The maximum absolute atomic E-state index is 14.2. The molecule has 176 valence electrons. The van der Waals surface area contributed by atoms with Gasteiger partial charge in [-0.25, -0.2) is 0 Å². The van der Waals surface area contributed by atoms with Gasteiger partial charge in [0.1, 0.15) is 5.75 Å². The van der Waals surface area contributed by atoms with Gasteiger partial charge in [0, 0.05) is 25.5 Å². The van der Waals surface area contributed by atoms with Crippen molar-refractivity contribution in [3.63, 3.8) is 0 Å². The number of carbonyl (C=O) groups is 1.